The van der Waals surface area contributed by atoms with Gasteiger partial charge in [0.15, 0.2) is 23.8 Å². The minimum absolute atomic E-state index is 0.0246. The maximum absolute atomic E-state index is 12.7. The molecule has 0 radical (unpaired) electrons. The molecule has 0 bridgehead atoms. The quantitative estimate of drug-likeness (QED) is 0.578. The van der Waals surface area contributed by atoms with Crippen LogP contribution in [-0.4, -0.2) is 37.0 Å². The van der Waals surface area contributed by atoms with Gasteiger partial charge in [-0.1, -0.05) is 0 Å². The molecule has 0 spiro atoms. The van der Waals surface area contributed by atoms with E-state index in [1.165, 1.54) is 6.08 Å². The number of allylic oxidation sites excluding steroid dienone is 2. The number of anilines is 1. The Labute approximate surface area is 171 Å². The highest BCUT2D eigenvalue weighted by Gasteiger charge is 2.26. The highest BCUT2D eigenvalue weighted by Crippen LogP contribution is 2.23. The second-order valence-corrected chi connectivity index (χ2v) is 7.43. The minimum atomic E-state index is -0.383. The first-order valence-electron chi connectivity index (χ1n) is 9.65. The SMILES string of the molecule is C[n+]1ccn(CC(=O)NC2=CC(=Nc3c(N)n4n(c3=O)CCCC4)C(=N)CC2=O)c1. The molecule has 156 valence electrons. The number of nitrogen functional groups attached to an aromatic ring is 1. The lowest BCUT2D eigenvalue weighted by atomic mass is 9.99. The Kier molecular flexibility index (Phi) is 4.94. The van der Waals surface area contributed by atoms with Crippen molar-refractivity contribution < 1.29 is 14.2 Å². The van der Waals surface area contributed by atoms with Crippen LogP contribution in [0.25, 0.3) is 0 Å². The molecule has 2 aromatic rings. The van der Waals surface area contributed by atoms with E-state index in [4.69, 9.17) is 11.1 Å². The van der Waals surface area contributed by atoms with E-state index in [9.17, 15) is 14.4 Å². The van der Waals surface area contributed by atoms with Crippen molar-refractivity contribution in [2.24, 2.45) is 12.0 Å². The fourth-order valence-electron chi connectivity index (χ4n) is 3.61. The van der Waals surface area contributed by atoms with Gasteiger partial charge in [-0.15, -0.1) is 0 Å². The summed E-state index contributed by atoms with van der Waals surface area (Å²) >= 11 is 0. The number of nitrogens with one attached hydrogen (secondary N) is 2. The van der Waals surface area contributed by atoms with Gasteiger partial charge in [-0.3, -0.25) is 19.1 Å². The normalized spacial score (nSPS) is 17.8. The average Bonchev–Trinajstić information content (AvgIpc) is 3.21. The van der Waals surface area contributed by atoms with Crippen LogP contribution in [0.3, 0.4) is 0 Å². The molecule has 2 aromatic heterocycles. The van der Waals surface area contributed by atoms with Gasteiger partial charge in [0.2, 0.25) is 6.33 Å². The van der Waals surface area contributed by atoms with Crippen molar-refractivity contribution in [3.05, 3.63) is 40.8 Å². The number of aliphatic imine (C=N–C) groups is 1. The molecule has 0 saturated carbocycles. The van der Waals surface area contributed by atoms with Gasteiger partial charge in [-0.25, -0.2) is 18.8 Å². The number of aryl methyl sites for hydroxylation is 1. The monoisotopic (exact) mass is 411 g/mol. The standard InChI is InChI=1S/C19H22N8O3/c1-24-6-7-25(11-24)10-16(29)22-14-9-13(12(20)8-15(14)28)23-17-18(21)26-4-2-3-5-27(26)19(17)30/h6-7,9,11H,2-5,8,10H2,1H3,(H3-,20,21,22,23,28,29,30)/p+1. The van der Waals surface area contributed by atoms with Crippen molar-refractivity contribution in [1.29, 1.82) is 5.41 Å². The van der Waals surface area contributed by atoms with Crippen LogP contribution in [0.4, 0.5) is 11.5 Å². The number of carbonyl (C=O) groups excluding carboxylic acids is 2. The number of Topliss-reactive ketones (excluding diaryl/α,β-unsaturated/α-hetero) is 1. The highest BCUT2D eigenvalue weighted by molar-refractivity contribution is 6.51. The van der Waals surface area contributed by atoms with Crippen LogP contribution in [0.15, 0.2) is 40.3 Å². The number of ketones is 1. The summed E-state index contributed by atoms with van der Waals surface area (Å²) in [6, 6.07) is 0. The summed E-state index contributed by atoms with van der Waals surface area (Å²) in [5.74, 6) is -0.514. The lowest BCUT2D eigenvalue weighted by molar-refractivity contribution is -0.671. The van der Waals surface area contributed by atoms with Crippen molar-refractivity contribution in [2.45, 2.75) is 38.9 Å². The van der Waals surface area contributed by atoms with E-state index in [2.05, 4.69) is 10.3 Å². The van der Waals surface area contributed by atoms with Gasteiger partial charge in [-0.2, -0.15) is 0 Å². The van der Waals surface area contributed by atoms with Crippen molar-refractivity contribution in [1.82, 2.24) is 19.2 Å². The van der Waals surface area contributed by atoms with Crippen LogP contribution < -0.4 is 21.2 Å². The topological polar surface area (TPSA) is 144 Å². The molecule has 1 amide bonds. The predicted molar refractivity (Wildman–Crippen MR) is 109 cm³/mol. The van der Waals surface area contributed by atoms with Gasteiger partial charge >= 0.3 is 0 Å². The fourth-order valence-corrected chi connectivity index (χ4v) is 3.61. The third-order valence-electron chi connectivity index (χ3n) is 5.12. The molecule has 2 aliphatic rings. The molecule has 30 heavy (non-hydrogen) atoms. The molecule has 4 rings (SSSR count). The van der Waals surface area contributed by atoms with Crippen LogP contribution in [-0.2, 0) is 36.3 Å². The van der Waals surface area contributed by atoms with Crippen molar-refractivity contribution >= 4 is 34.6 Å². The Bertz CT molecular complexity index is 1180. The zero-order valence-corrected chi connectivity index (χ0v) is 16.6. The zero-order chi connectivity index (χ0) is 21.4. The van der Waals surface area contributed by atoms with Gasteiger partial charge in [0.25, 0.3) is 11.5 Å². The number of nitrogens with two attached hydrogens (primary N) is 1. The summed E-state index contributed by atoms with van der Waals surface area (Å²) in [6.45, 7) is 1.24. The number of aromatic nitrogens is 4. The summed E-state index contributed by atoms with van der Waals surface area (Å²) in [7, 11) is 1.84. The number of hydrogen-bond acceptors (Lipinski definition) is 6. The maximum Gasteiger partial charge on any atom is 0.294 e. The first kappa shape index (κ1) is 19.6. The fraction of sp³-hybridized carbons (Fsp3) is 0.368. The number of hydrogen-bond donors (Lipinski definition) is 3. The van der Waals surface area contributed by atoms with Crippen molar-refractivity contribution in [2.75, 3.05) is 5.73 Å². The average molecular weight is 411 g/mol. The van der Waals surface area contributed by atoms with E-state index < -0.39 is 0 Å². The molecule has 1 aliphatic heterocycles. The van der Waals surface area contributed by atoms with Crippen molar-refractivity contribution in [3.63, 3.8) is 0 Å². The smallest absolute Gasteiger partial charge is 0.294 e. The first-order chi connectivity index (χ1) is 14.3. The molecule has 0 fully saturated rings. The number of carbonyl (C=O) groups is 2. The predicted octanol–water partition coefficient (Wildman–Crippen LogP) is -0.583. The second-order valence-electron chi connectivity index (χ2n) is 7.43. The Balaban J connectivity index is 1.62. The van der Waals surface area contributed by atoms with Gasteiger partial charge in [-0.05, 0) is 18.9 Å². The van der Waals surface area contributed by atoms with E-state index in [0.717, 1.165) is 12.8 Å². The number of imidazole rings is 1. The van der Waals surface area contributed by atoms with E-state index in [0.29, 0.717) is 13.1 Å². The van der Waals surface area contributed by atoms with Crippen molar-refractivity contribution in [3.8, 4) is 0 Å². The molecule has 3 heterocycles. The second kappa shape index (κ2) is 7.58. The Morgan fingerprint density at radius 1 is 1.30 bits per heavy atom. The van der Waals surface area contributed by atoms with Gasteiger partial charge in [0.05, 0.1) is 30.6 Å². The molecule has 0 atom stereocenters. The molecule has 0 saturated heterocycles. The molecule has 4 N–H and O–H groups in total. The summed E-state index contributed by atoms with van der Waals surface area (Å²) in [4.78, 5) is 41.6. The number of rotatable bonds is 4. The summed E-state index contributed by atoms with van der Waals surface area (Å²) in [5, 5.41) is 10.7. The molecule has 0 unspecified atom stereocenters. The molecule has 0 aromatic carbocycles. The van der Waals surface area contributed by atoms with Crippen LogP contribution in [0.2, 0.25) is 0 Å². The number of amides is 1. The van der Waals surface area contributed by atoms with Gasteiger partial charge in [0.1, 0.15) is 12.4 Å². The first-order valence-corrected chi connectivity index (χ1v) is 9.65. The molecular weight excluding hydrogens is 388 g/mol. The van der Waals surface area contributed by atoms with Crippen LogP contribution in [0.5, 0.6) is 0 Å². The summed E-state index contributed by atoms with van der Waals surface area (Å²) in [6.07, 6.45) is 8.22. The third kappa shape index (κ3) is 3.61. The maximum atomic E-state index is 12.7. The molecular formula is C19H23N8O3+. The number of fused-ring (bicyclic) bond motifs is 1. The number of nitrogens with zero attached hydrogens (tertiary/aromatic N) is 5. The molecule has 11 heteroatoms. The van der Waals surface area contributed by atoms with E-state index in [1.807, 2.05) is 7.05 Å². The van der Waals surface area contributed by atoms with Gasteiger partial charge < -0.3 is 16.5 Å². The Morgan fingerprint density at radius 2 is 2.03 bits per heavy atom. The largest absolute Gasteiger partial charge is 0.382 e. The summed E-state index contributed by atoms with van der Waals surface area (Å²) < 4.78 is 6.73. The van der Waals surface area contributed by atoms with Crippen LogP contribution in [0, 0.1) is 5.41 Å². The Hall–Kier alpha value is -3.76. The minimum Gasteiger partial charge on any atom is -0.382 e. The van der Waals surface area contributed by atoms with Crippen LogP contribution in [0.1, 0.15) is 19.3 Å². The molecule has 1 aliphatic carbocycles. The van der Waals surface area contributed by atoms with E-state index in [1.54, 1.807) is 37.2 Å². The summed E-state index contributed by atoms with van der Waals surface area (Å²) in [5.41, 5.74) is 6.04. The Morgan fingerprint density at radius 3 is 2.70 bits per heavy atom. The lowest BCUT2D eigenvalue weighted by Gasteiger charge is -2.17. The van der Waals surface area contributed by atoms with E-state index >= 15 is 0 Å². The zero-order valence-electron chi connectivity index (χ0n) is 16.6. The third-order valence-corrected chi connectivity index (χ3v) is 5.12. The lowest BCUT2D eigenvalue weighted by Crippen LogP contribution is -2.35. The van der Waals surface area contributed by atoms with E-state index in [-0.39, 0.29) is 58.8 Å². The van der Waals surface area contributed by atoms with Crippen LogP contribution >= 0.6 is 0 Å². The molecule has 11 nitrogen and oxygen atoms in total. The highest BCUT2D eigenvalue weighted by atomic mass is 16.2. The van der Waals surface area contributed by atoms with Gasteiger partial charge in [0, 0.05) is 13.1 Å².